The molecule has 0 aliphatic rings. The van der Waals surface area contributed by atoms with Gasteiger partial charge in [-0.1, -0.05) is 18.2 Å². The molecule has 1 aromatic heterocycles. The van der Waals surface area contributed by atoms with Crippen LogP contribution in [0.2, 0.25) is 0 Å². The molecular weight excluding hydrogens is 286 g/mol. The molecule has 0 fully saturated rings. The summed E-state index contributed by atoms with van der Waals surface area (Å²) < 4.78 is 0.551. The molecule has 1 N–H and O–H groups in total. The Kier molecular flexibility index (Phi) is 3.34. The summed E-state index contributed by atoms with van der Waals surface area (Å²) in [6.45, 7) is 0. The van der Waals surface area contributed by atoms with Gasteiger partial charge in [0.15, 0.2) is 0 Å². The lowest BCUT2D eigenvalue weighted by Gasteiger charge is -2.06. The van der Waals surface area contributed by atoms with Crippen LogP contribution in [0.15, 0.2) is 47.1 Å². The number of pyridine rings is 1. The maximum absolute atomic E-state index is 10.5. The van der Waals surface area contributed by atoms with E-state index in [-0.39, 0.29) is 5.69 Å². The number of benzene rings is 1. The highest BCUT2D eigenvalue weighted by Gasteiger charge is 2.10. The fraction of sp³-hybridized carbons (Fsp3) is 0. The molecule has 0 spiro atoms. The molecule has 86 valence electrons. The first-order chi connectivity index (χ1) is 8.16. The van der Waals surface area contributed by atoms with E-state index in [1.54, 1.807) is 0 Å². The lowest BCUT2D eigenvalue weighted by molar-refractivity contribution is -0.385. The van der Waals surface area contributed by atoms with Gasteiger partial charge in [0.05, 0.1) is 9.40 Å². The Balaban J connectivity index is 2.26. The third-order valence-corrected chi connectivity index (χ3v) is 2.68. The smallest absolute Gasteiger partial charge is 0.288 e. The van der Waals surface area contributed by atoms with E-state index in [0.29, 0.717) is 10.3 Å². The summed E-state index contributed by atoms with van der Waals surface area (Å²) in [5, 5.41) is 13.6. The summed E-state index contributed by atoms with van der Waals surface area (Å²) >= 11 is 3.24. The quantitative estimate of drug-likeness (QED) is 0.695. The third-order valence-electron chi connectivity index (χ3n) is 2.07. The fourth-order valence-corrected chi connectivity index (χ4v) is 1.71. The van der Waals surface area contributed by atoms with Crippen LogP contribution in [0.4, 0.5) is 17.2 Å². The Labute approximate surface area is 106 Å². The van der Waals surface area contributed by atoms with Crippen LogP contribution in [0, 0.1) is 10.1 Å². The number of para-hydroxylation sites is 1. The molecule has 0 radical (unpaired) electrons. The minimum atomic E-state index is -0.482. The number of nitrogens with one attached hydrogen (secondary N) is 1. The van der Waals surface area contributed by atoms with Crippen molar-refractivity contribution in [1.82, 2.24) is 4.98 Å². The zero-order chi connectivity index (χ0) is 12.3. The highest BCUT2D eigenvalue weighted by Crippen LogP contribution is 2.26. The lowest BCUT2D eigenvalue weighted by atomic mass is 10.3. The molecule has 1 aromatic carbocycles. The van der Waals surface area contributed by atoms with Gasteiger partial charge in [-0.05, 0) is 28.1 Å². The monoisotopic (exact) mass is 293 g/mol. The normalized spacial score (nSPS) is 9.94. The van der Waals surface area contributed by atoms with Crippen molar-refractivity contribution in [2.45, 2.75) is 0 Å². The van der Waals surface area contributed by atoms with Crippen molar-refractivity contribution in [1.29, 1.82) is 0 Å². The topological polar surface area (TPSA) is 68.1 Å². The average Bonchev–Trinajstić information content (AvgIpc) is 2.33. The highest BCUT2D eigenvalue weighted by atomic mass is 79.9. The van der Waals surface area contributed by atoms with E-state index < -0.39 is 4.92 Å². The number of nitrogens with zero attached hydrogens (tertiary/aromatic N) is 2. The van der Waals surface area contributed by atoms with Crippen molar-refractivity contribution in [2.24, 2.45) is 0 Å². The number of hydrogen-bond acceptors (Lipinski definition) is 4. The summed E-state index contributed by atoms with van der Waals surface area (Å²) in [5.74, 6) is 0.543. The second-order valence-corrected chi connectivity index (χ2v) is 4.13. The Morgan fingerprint density at radius 1 is 1.29 bits per heavy atom. The van der Waals surface area contributed by atoms with Gasteiger partial charge in [0, 0.05) is 11.8 Å². The second-order valence-electron chi connectivity index (χ2n) is 3.27. The van der Waals surface area contributed by atoms with Crippen molar-refractivity contribution >= 4 is 33.1 Å². The van der Waals surface area contributed by atoms with E-state index in [4.69, 9.17) is 0 Å². The summed E-state index contributed by atoms with van der Waals surface area (Å²) in [6.07, 6.45) is 1.22. The first kappa shape index (κ1) is 11.5. The van der Waals surface area contributed by atoms with Crippen molar-refractivity contribution < 1.29 is 4.92 Å². The zero-order valence-electron chi connectivity index (χ0n) is 8.63. The first-order valence-electron chi connectivity index (χ1n) is 4.79. The van der Waals surface area contributed by atoms with Gasteiger partial charge in [0.2, 0.25) is 0 Å². The molecule has 5 nitrogen and oxygen atoms in total. The Morgan fingerprint density at radius 2 is 2.00 bits per heavy atom. The van der Waals surface area contributed by atoms with Crippen LogP contribution in [0.1, 0.15) is 0 Å². The highest BCUT2D eigenvalue weighted by molar-refractivity contribution is 9.10. The molecule has 2 aromatic rings. The maximum atomic E-state index is 10.5. The van der Waals surface area contributed by atoms with E-state index in [1.807, 2.05) is 30.3 Å². The molecule has 17 heavy (non-hydrogen) atoms. The fourth-order valence-electron chi connectivity index (χ4n) is 1.28. The molecule has 1 heterocycles. The summed E-state index contributed by atoms with van der Waals surface area (Å²) in [4.78, 5) is 14.1. The largest absolute Gasteiger partial charge is 0.339 e. The van der Waals surface area contributed by atoms with Gasteiger partial charge < -0.3 is 5.32 Å². The molecule has 0 bridgehead atoms. The van der Waals surface area contributed by atoms with Crippen LogP contribution in [-0.2, 0) is 0 Å². The molecule has 0 aliphatic heterocycles. The van der Waals surface area contributed by atoms with Gasteiger partial charge in [0.1, 0.15) is 12.0 Å². The minimum absolute atomic E-state index is 0.0458. The van der Waals surface area contributed by atoms with Crippen LogP contribution in [0.3, 0.4) is 0 Å². The van der Waals surface area contributed by atoms with Crippen LogP contribution in [0.25, 0.3) is 0 Å². The van der Waals surface area contributed by atoms with E-state index in [1.165, 1.54) is 12.3 Å². The number of nitro groups is 1. The molecular formula is C11H8BrN3O2. The zero-order valence-corrected chi connectivity index (χ0v) is 10.2. The van der Waals surface area contributed by atoms with Gasteiger partial charge in [-0.15, -0.1) is 0 Å². The molecule has 0 unspecified atom stereocenters. The number of hydrogen-bond donors (Lipinski definition) is 1. The SMILES string of the molecule is O=[N+]([O-])c1cnc(Nc2ccccc2)c(Br)c1. The van der Waals surface area contributed by atoms with Crippen LogP contribution >= 0.6 is 15.9 Å². The molecule has 0 saturated carbocycles. The molecule has 0 saturated heterocycles. The number of aromatic nitrogens is 1. The Morgan fingerprint density at radius 3 is 2.59 bits per heavy atom. The van der Waals surface area contributed by atoms with Gasteiger partial charge in [-0.25, -0.2) is 4.98 Å². The van der Waals surface area contributed by atoms with Crippen molar-refractivity contribution in [3.05, 3.63) is 57.2 Å². The number of anilines is 2. The van der Waals surface area contributed by atoms with Gasteiger partial charge in [0.25, 0.3) is 5.69 Å². The lowest BCUT2D eigenvalue weighted by Crippen LogP contribution is -1.96. The minimum Gasteiger partial charge on any atom is -0.339 e. The predicted molar refractivity (Wildman–Crippen MR) is 68.3 cm³/mol. The van der Waals surface area contributed by atoms with E-state index in [9.17, 15) is 10.1 Å². The Hall–Kier alpha value is -1.95. The second kappa shape index (κ2) is 4.92. The van der Waals surface area contributed by atoms with Crippen molar-refractivity contribution in [3.8, 4) is 0 Å². The van der Waals surface area contributed by atoms with Crippen LogP contribution < -0.4 is 5.32 Å². The molecule has 0 atom stereocenters. The summed E-state index contributed by atoms with van der Waals surface area (Å²) in [6, 6.07) is 10.9. The number of rotatable bonds is 3. The summed E-state index contributed by atoms with van der Waals surface area (Å²) in [7, 11) is 0. The van der Waals surface area contributed by atoms with Gasteiger partial charge in [-0.3, -0.25) is 10.1 Å². The number of halogens is 1. The van der Waals surface area contributed by atoms with Crippen molar-refractivity contribution in [3.63, 3.8) is 0 Å². The van der Waals surface area contributed by atoms with Crippen LogP contribution in [0.5, 0.6) is 0 Å². The van der Waals surface area contributed by atoms with Gasteiger partial charge >= 0.3 is 0 Å². The maximum Gasteiger partial charge on any atom is 0.288 e. The molecule has 0 amide bonds. The standard InChI is InChI=1S/C11H8BrN3O2/c12-10-6-9(15(16)17)7-13-11(10)14-8-4-2-1-3-5-8/h1-7H,(H,13,14). The Bertz CT molecular complexity index is 546. The molecule has 6 heteroatoms. The third kappa shape index (κ3) is 2.79. The first-order valence-corrected chi connectivity index (χ1v) is 5.58. The van der Waals surface area contributed by atoms with E-state index >= 15 is 0 Å². The summed E-state index contributed by atoms with van der Waals surface area (Å²) in [5.41, 5.74) is 0.824. The van der Waals surface area contributed by atoms with Crippen molar-refractivity contribution in [2.75, 3.05) is 5.32 Å². The molecule has 0 aliphatic carbocycles. The van der Waals surface area contributed by atoms with Gasteiger partial charge in [-0.2, -0.15) is 0 Å². The molecule has 2 rings (SSSR count). The van der Waals surface area contributed by atoms with E-state index in [0.717, 1.165) is 5.69 Å². The van der Waals surface area contributed by atoms with E-state index in [2.05, 4.69) is 26.2 Å². The van der Waals surface area contributed by atoms with Crippen LogP contribution in [-0.4, -0.2) is 9.91 Å². The average molecular weight is 294 g/mol. The predicted octanol–water partition coefficient (Wildman–Crippen LogP) is 3.50.